The van der Waals surface area contributed by atoms with Crippen LogP contribution in [0.2, 0.25) is 0 Å². The first-order valence-corrected chi connectivity index (χ1v) is 12.1. The summed E-state index contributed by atoms with van der Waals surface area (Å²) in [6, 6.07) is 20.3. The summed E-state index contributed by atoms with van der Waals surface area (Å²) in [7, 11) is 1.87. The van der Waals surface area contributed by atoms with Gasteiger partial charge in [0.25, 0.3) is 6.01 Å². The van der Waals surface area contributed by atoms with Crippen LogP contribution in [-0.4, -0.2) is 55.3 Å². The molecule has 3 aromatic carbocycles. The van der Waals surface area contributed by atoms with Crippen LogP contribution >= 0.6 is 0 Å². The van der Waals surface area contributed by atoms with Crippen molar-refractivity contribution in [3.8, 4) is 11.5 Å². The molecule has 1 amide bonds. The van der Waals surface area contributed by atoms with Gasteiger partial charge in [0.05, 0.1) is 13.2 Å². The lowest BCUT2D eigenvalue weighted by Gasteiger charge is -2.21. The topological polar surface area (TPSA) is 94.3 Å². The van der Waals surface area contributed by atoms with Gasteiger partial charge in [-0.05, 0) is 61.0 Å². The number of likely N-dealkylation sites (N-methyl/N-ethyl adjacent to an activating group) is 1. The molecule has 10 heteroatoms. The minimum atomic E-state index is -0.768. The lowest BCUT2D eigenvalue weighted by atomic mass is 10.2. The number of carbonyl (C=O) groups excluding carboxylic acids is 2. The van der Waals surface area contributed by atoms with Crippen molar-refractivity contribution in [2.75, 3.05) is 38.3 Å². The molecule has 4 rings (SSSR count). The average molecular weight is 522 g/mol. The van der Waals surface area contributed by atoms with Crippen LogP contribution in [-0.2, 0) is 16.1 Å². The molecule has 38 heavy (non-hydrogen) atoms. The first kappa shape index (κ1) is 26.5. The lowest BCUT2D eigenvalue weighted by Crippen LogP contribution is -2.38. The second-order valence-electron chi connectivity index (χ2n) is 8.36. The fraction of sp³-hybridized carbons (Fsp3) is 0.250. The van der Waals surface area contributed by atoms with Gasteiger partial charge >= 0.3 is 12.1 Å². The second-order valence-corrected chi connectivity index (χ2v) is 8.36. The number of carbonyl (C=O) groups is 2. The number of amides is 1. The molecule has 198 valence electrons. The Hall–Kier alpha value is -4.60. The zero-order valence-corrected chi connectivity index (χ0v) is 21.1. The largest absolute Gasteiger partial charge is 0.492 e. The van der Waals surface area contributed by atoms with Crippen molar-refractivity contribution in [3.05, 3.63) is 84.2 Å². The molecule has 1 aromatic heterocycles. The smallest absolute Gasteiger partial charge is 0.416 e. The quantitative estimate of drug-likeness (QED) is 0.253. The maximum atomic E-state index is 13.2. The summed E-state index contributed by atoms with van der Waals surface area (Å²) in [5.41, 5.74) is 2.22. The van der Waals surface area contributed by atoms with Crippen LogP contribution in [0.15, 0.2) is 77.2 Å². The number of fused-ring (bicyclic) bond motifs is 1. The summed E-state index contributed by atoms with van der Waals surface area (Å²) < 4.78 is 35.2. The summed E-state index contributed by atoms with van der Waals surface area (Å²) in [4.78, 5) is 32.5. The van der Waals surface area contributed by atoms with Gasteiger partial charge in [-0.3, -0.25) is 9.69 Å². The minimum absolute atomic E-state index is 0.0683. The number of oxazole rings is 1. The normalized spacial score (nSPS) is 10.7. The van der Waals surface area contributed by atoms with E-state index in [1.807, 2.05) is 36.2 Å². The summed E-state index contributed by atoms with van der Waals surface area (Å²) in [5.74, 6) is -0.273. The van der Waals surface area contributed by atoms with E-state index in [1.54, 1.807) is 31.2 Å². The van der Waals surface area contributed by atoms with Crippen LogP contribution in [0.1, 0.15) is 12.5 Å². The molecule has 0 aliphatic heterocycles. The molecule has 0 fully saturated rings. The number of anilines is 1. The van der Waals surface area contributed by atoms with Gasteiger partial charge < -0.3 is 23.5 Å². The van der Waals surface area contributed by atoms with Gasteiger partial charge in [-0.2, -0.15) is 4.98 Å². The van der Waals surface area contributed by atoms with Crippen molar-refractivity contribution in [2.24, 2.45) is 0 Å². The summed E-state index contributed by atoms with van der Waals surface area (Å²) in [6.45, 7) is 2.50. The molecule has 0 spiro atoms. The molecule has 1 heterocycles. The van der Waals surface area contributed by atoms with Crippen molar-refractivity contribution in [2.45, 2.75) is 13.5 Å². The Morgan fingerprint density at radius 2 is 1.79 bits per heavy atom. The third-order valence-corrected chi connectivity index (χ3v) is 5.48. The minimum Gasteiger partial charge on any atom is -0.492 e. The maximum absolute atomic E-state index is 13.2. The molecule has 0 aliphatic rings. The number of rotatable bonds is 11. The Kier molecular flexibility index (Phi) is 8.76. The van der Waals surface area contributed by atoms with Crippen molar-refractivity contribution < 1.29 is 32.6 Å². The zero-order valence-electron chi connectivity index (χ0n) is 21.1. The second kappa shape index (κ2) is 12.6. The van der Waals surface area contributed by atoms with Gasteiger partial charge in [0, 0.05) is 13.6 Å². The molecule has 0 unspecified atom stereocenters. The van der Waals surface area contributed by atoms with Crippen molar-refractivity contribution >= 4 is 29.2 Å². The van der Waals surface area contributed by atoms with Crippen LogP contribution < -0.4 is 14.4 Å². The van der Waals surface area contributed by atoms with Crippen LogP contribution in [0, 0.1) is 5.82 Å². The highest BCUT2D eigenvalue weighted by molar-refractivity contribution is 5.79. The van der Waals surface area contributed by atoms with E-state index in [1.165, 1.54) is 29.2 Å². The van der Waals surface area contributed by atoms with Crippen LogP contribution in [0.5, 0.6) is 11.5 Å². The Morgan fingerprint density at radius 1 is 1.00 bits per heavy atom. The highest BCUT2D eigenvalue weighted by Gasteiger charge is 2.21. The van der Waals surface area contributed by atoms with E-state index in [2.05, 4.69) is 4.98 Å². The highest BCUT2D eigenvalue weighted by atomic mass is 19.1. The number of aromatic nitrogens is 1. The first-order chi connectivity index (χ1) is 18.4. The molecule has 0 N–H and O–H groups in total. The molecule has 9 nitrogen and oxygen atoms in total. The maximum Gasteiger partial charge on any atom is 0.416 e. The third-order valence-electron chi connectivity index (χ3n) is 5.48. The SMILES string of the molecule is CCOC(=O)CN(Cc1cccc(OCCN(C)c2nc3ccccc3o2)c1)C(=O)Oc1ccc(F)cc1. The third kappa shape index (κ3) is 7.22. The summed E-state index contributed by atoms with van der Waals surface area (Å²) in [6.07, 6.45) is -0.768. The first-order valence-electron chi connectivity index (χ1n) is 12.1. The fourth-order valence-electron chi connectivity index (χ4n) is 3.59. The van der Waals surface area contributed by atoms with Gasteiger partial charge in [0.15, 0.2) is 5.58 Å². The van der Waals surface area contributed by atoms with E-state index < -0.39 is 17.9 Å². The van der Waals surface area contributed by atoms with Crippen LogP contribution in [0.25, 0.3) is 11.1 Å². The van der Waals surface area contributed by atoms with Gasteiger partial charge in [0.2, 0.25) is 0 Å². The van der Waals surface area contributed by atoms with E-state index in [4.69, 9.17) is 18.6 Å². The van der Waals surface area contributed by atoms with Crippen LogP contribution in [0.3, 0.4) is 0 Å². The molecular formula is C28H28FN3O6. The molecule has 0 atom stereocenters. The Morgan fingerprint density at radius 3 is 2.55 bits per heavy atom. The number of benzene rings is 3. The Labute approximate surface area is 219 Å². The molecule has 0 saturated heterocycles. The number of halogens is 1. The summed E-state index contributed by atoms with van der Waals surface area (Å²) >= 11 is 0. The predicted octanol–water partition coefficient (Wildman–Crippen LogP) is 5.05. The van der Waals surface area contributed by atoms with E-state index in [-0.39, 0.29) is 25.4 Å². The zero-order chi connectivity index (χ0) is 26.9. The van der Waals surface area contributed by atoms with Gasteiger partial charge in [-0.1, -0.05) is 24.3 Å². The predicted molar refractivity (Wildman–Crippen MR) is 139 cm³/mol. The van der Waals surface area contributed by atoms with E-state index in [0.717, 1.165) is 11.1 Å². The standard InChI is InChI=1S/C28H28FN3O6/c1-3-35-26(33)19-32(28(34)37-22-13-11-21(29)12-14-22)18-20-7-6-8-23(17-20)36-16-15-31(2)27-30-24-9-4-5-10-25(24)38-27/h4-14,17H,3,15-16,18-19H2,1-2H3. The highest BCUT2D eigenvalue weighted by Crippen LogP contribution is 2.21. The monoisotopic (exact) mass is 521 g/mol. The van der Waals surface area contributed by atoms with Gasteiger partial charge in [0.1, 0.15) is 36.0 Å². The number of hydrogen-bond donors (Lipinski definition) is 0. The van der Waals surface area contributed by atoms with Gasteiger partial charge in [-0.25, -0.2) is 9.18 Å². The van der Waals surface area contributed by atoms with E-state index in [9.17, 15) is 14.0 Å². The average Bonchev–Trinajstić information content (AvgIpc) is 3.35. The number of ether oxygens (including phenoxy) is 3. The van der Waals surface area contributed by atoms with Crippen molar-refractivity contribution in [1.82, 2.24) is 9.88 Å². The Bertz CT molecular complexity index is 1340. The van der Waals surface area contributed by atoms with Crippen molar-refractivity contribution in [1.29, 1.82) is 0 Å². The molecule has 0 radical (unpaired) electrons. The van der Waals surface area contributed by atoms with Gasteiger partial charge in [-0.15, -0.1) is 0 Å². The number of hydrogen-bond acceptors (Lipinski definition) is 8. The molecule has 4 aromatic rings. The number of esters is 1. The molecule has 0 saturated carbocycles. The molecule has 0 aliphatic carbocycles. The Balaban J connectivity index is 1.37. The van der Waals surface area contributed by atoms with Crippen molar-refractivity contribution in [3.63, 3.8) is 0 Å². The van der Waals surface area contributed by atoms with E-state index >= 15 is 0 Å². The summed E-state index contributed by atoms with van der Waals surface area (Å²) in [5, 5.41) is 0. The molecule has 0 bridgehead atoms. The lowest BCUT2D eigenvalue weighted by molar-refractivity contribution is -0.144. The molecular weight excluding hydrogens is 493 g/mol. The number of nitrogens with zero attached hydrogens (tertiary/aromatic N) is 3. The van der Waals surface area contributed by atoms with Crippen LogP contribution in [0.4, 0.5) is 15.2 Å². The fourth-order valence-corrected chi connectivity index (χ4v) is 3.59. The number of para-hydroxylation sites is 2. The van der Waals surface area contributed by atoms with E-state index in [0.29, 0.717) is 30.5 Å².